The van der Waals surface area contributed by atoms with Gasteiger partial charge in [-0.2, -0.15) is 0 Å². The van der Waals surface area contributed by atoms with Gasteiger partial charge in [-0.3, -0.25) is 14.6 Å². The fourth-order valence-electron chi connectivity index (χ4n) is 5.11. The van der Waals surface area contributed by atoms with E-state index in [4.69, 9.17) is 24.5 Å². The van der Waals surface area contributed by atoms with Gasteiger partial charge in [0.1, 0.15) is 5.75 Å². The first-order chi connectivity index (χ1) is 18.9. The fraction of sp³-hybridized carbons (Fsp3) is 0.367. The molecule has 206 valence electrons. The zero-order chi connectivity index (χ0) is 27.6. The molecule has 0 bridgehead atoms. The Bertz CT molecular complexity index is 1240. The number of nitrogens with zero attached hydrogens (tertiary/aromatic N) is 3. The van der Waals surface area contributed by atoms with E-state index in [-0.39, 0.29) is 12.5 Å². The summed E-state index contributed by atoms with van der Waals surface area (Å²) in [6.07, 6.45) is 2.43. The molecule has 2 aliphatic rings. The highest BCUT2D eigenvalue weighted by Gasteiger charge is 2.29. The summed E-state index contributed by atoms with van der Waals surface area (Å²) in [5.41, 5.74) is 1.40. The number of aliphatic carboxylic acids is 2. The number of piperidine rings is 1. The zero-order valence-corrected chi connectivity index (χ0v) is 21.9. The van der Waals surface area contributed by atoms with Crippen LogP contribution < -0.4 is 4.74 Å². The standard InChI is InChI=1S/C28H33N3O2.C2H2O4/c32-28(22-33-27-11-10-24-8-4-5-9-25(24)20-27)31-18-16-30(17-19-31)26-12-14-29(15-13-26)21-23-6-2-1-3-7-23;3-1(4)2(5)6/h1-11,20,26H,12-19,21-22H2;(H,3,4)(H,5,6). The SMILES string of the molecule is O=C(COc1ccc2ccccc2c1)N1CCN(C2CCN(Cc3ccccc3)CC2)CC1.O=C(O)C(=O)O. The summed E-state index contributed by atoms with van der Waals surface area (Å²) in [7, 11) is 0. The molecular formula is C30H35N3O6. The molecule has 0 atom stereocenters. The number of fused-ring (bicyclic) bond motifs is 1. The highest BCUT2D eigenvalue weighted by molar-refractivity contribution is 6.27. The lowest BCUT2D eigenvalue weighted by atomic mass is 10.0. The van der Waals surface area contributed by atoms with Gasteiger partial charge in [-0.15, -0.1) is 0 Å². The first-order valence-electron chi connectivity index (χ1n) is 13.2. The van der Waals surface area contributed by atoms with Crippen LogP contribution in [0.15, 0.2) is 72.8 Å². The van der Waals surface area contributed by atoms with E-state index < -0.39 is 11.9 Å². The Labute approximate surface area is 228 Å². The summed E-state index contributed by atoms with van der Waals surface area (Å²) in [6.45, 7) is 6.98. The number of hydrogen-bond acceptors (Lipinski definition) is 6. The quantitative estimate of drug-likeness (QED) is 0.465. The molecule has 2 aliphatic heterocycles. The van der Waals surface area contributed by atoms with Gasteiger partial charge in [0.15, 0.2) is 6.61 Å². The topological polar surface area (TPSA) is 111 Å². The third-order valence-corrected chi connectivity index (χ3v) is 7.26. The highest BCUT2D eigenvalue weighted by Crippen LogP contribution is 2.22. The van der Waals surface area contributed by atoms with Crippen LogP contribution in [0.3, 0.4) is 0 Å². The Kier molecular flexibility index (Phi) is 9.88. The molecule has 2 saturated heterocycles. The van der Waals surface area contributed by atoms with Crippen LogP contribution in [0.1, 0.15) is 18.4 Å². The maximum Gasteiger partial charge on any atom is 0.414 e. The van der Waals surface area contributed by atoms with Crippen molar-refractivity contribution in [3.05, 3.63) is 78.4 Å². The van der Waals surface area contributed by atoms with E-state index in [2.05, 4.69) is 52.3 Å². The van der Waals surface area contributed by atoms with Gasteiger partial charge < -0.3 is 19.8 Å². The van der Waals surface area contributed by atoms with Crippen LogP contribution in [0, 0.1) is 0 Å². The fourth-order valence-corrected chi connectivity index (χ4v) is 5.11. The van der Waals surface area contributed by atoms with Crippen LogP contribution >= 0.6 is 0 Å². The Morgan fingerprint density at radius 2 is 1.36 bits per heavy atom. The summed E-state index contributed by atoms with van der Waals surface area (Å²) in [6, 6.07) is 25.6. The number of benzene rings is 3. The van der Waals surface area contributed by atoms with Gasteiger partial charge in [0.2, 0.25) is 0 Å². The van der Waals surface area contributed by atoms with E-state index >= 15 is 0 Å². The predicted molar refractivity (Wildman–Crippen MR) is 148 cm³/mol. The third kappa shape index (κ3) is 8.27. The Morgan fingerprint density at radius 3 is 2.00 bits per heavy atom. The van der Waals surface area contributed by atoms with E-state index in [1.807, 2.05) is 35.2 Å². The van der Waals surface area contributed by atoms with Gasteiger partial charge in [0, 0.05) is 38.8 Å². The lowest BCUT2D eigenvalue weighted by Crippen LogP contribution is -2.54. The largest absolute Gasteiger partial charge is 0.484 e. The molecule has 0 radical (unpaired) electrons. The molecule has 2 N–H and O–H groups in total. The molecule has 3 aromatic rings. The highest BCUT2D eigenvalue weighted by atomic mass is 16.5. The number of piperazine rings is 1. The second-order valence-electron chi connectivity index (χ2n) is 9.82. The summed E-state index contributed by atoms with van der Waals surface area (Å²) in [5, 5.41) is 17.1. The molecule has 9 nitrogen and oxygen atoms in total. The monoisotopic (exact) mass is 533 g/mol. The van der Waals surface area contributed by atoms with Crippen LogP contribution in [0.2, 0.25) is 0 Å². The smallest absolute Gasteiger partial charge is 0.414 e. The molecule has 3 aromatic carbocycles. The second-order valence-corrected chi connectivity index (χ2v) is 9.82. The summed E-state index contributed by atoms with van der Waals surface area (Å²) < 4.78 is 5.82. The van der Waals surface area contributed by atoms with Crippen molar-refractivity contribution in [3.63, 3.8) is 0 Å². The molecule has 9 heteroatoms. The van der Waals surface area contributed by atoms with Crippen molar-refractivity contribution in [3.8, 4) is 5.75 Å². The second kappa shape index (κ2) is 13.7. The molecule has 39 heavy (non-hydrogen) atoms. The maximum absolute atomic E-state index is 12.7. The normalized spacial score (nSPS) is 16.8. The van der Waals surface area contributed by atoms with E-state index in [1.165, 1.54) is 23.8 Å². The number of carboxylic acids is 2. The molecular weight excluding hydrogens is 498 g/mol. The Morgan fingerprint density at radius 1 is 0.744 bits per heavy atom. The number of likely N-dealkylation sites (tertiary alicyclic amines) is 1. The van der Waals surface area contributed by atoms with Crippen LogP contribution in [-0.2, 0) is 20.9 Å². The number of rotatable bonds is 6. The van der Waals surface area contributed by atoms with Crippen molar-refractivity contribution < 1.29 is 29.3 Å². The predicted octanol–water partition coefficient (Wildman–Crippen LogP) is 3.18. The van der Waals surface area contributed by atoms with Crippen molar-refractivity contribution >= 4 is 28.6 Å². The van der Waals surface area contributed by atoms with E-state index in [0.717, 1.165) is 56.9 Å². The zero-order valence-electron chi connectivity index (χ0n) is 21.9. The lowest BCUT2D eigenvalue weighted by molar-refractivity contribution is -0.159. The molecule has 0 spiro atoms. The number of amides is 1. The van der Waals surface area contributed by atoms with Crippen molar-refractivity contribution in [1.82, 2.24) is 14.7 Å². The van der Waals surface area contributed by atoms with Gasteiger partial charge in [-0.1, -0.05) is 60.7 Å². The van der Waals surface area contributed by atoms with Gasteiger partial charge >= 0.3 is 11.9 Å². The van der Waals surface area contributed by atoms with E-state index in [0.29, 0.717) is 6.04 Å². The molecule has 2 fully saturated rings. The number of carboxylic acid groups (broad SMARTS) is 2. The maximum atomic E-state index is 12.7. The summed E-state index contributed by atoms with van der Waals surface area (Å²) in [4.78, 5) is 38.0. The first-order valence-corrected chi connectivity index (χ1v) is 13.2. The van der Waals surface area contributed by atoms with Crippen molar-refractivity contribution in [1.29, 1.82) is 0 Å². The Hall–Kier alpha value is -3.95. The minimum atomic E-state index is -1.82. The average Bonchev–Trinajstić information content (AvgIpc) is 2.97. The van der Waals surface area contributed by atoms with Gasteiger partial charge in [-0.05, 0) is 54.4 Å². The minimum Gasteiger partial charge on any atom is -0.484 e. The van der Waals surface area contributed by atoms with Gasteiger partial charge in [-0.25, -0.2) is 9.59 Å². The third-order valence-electron chi connectivity index (χ3n) is 7.26. The van der Waals surface area contributed by atoms with Crippen molar-refractivity contribution in [2.24, 2.45) is 0 Å². The number of hydrogen-bond donors (Lipinski definition) is 2. The number of carbonyl (C=O) groups excluding carboxylic acids is 1. The Balaban J connectivity index is 0.000000531. The van der Waals surface area contributed by atoms with E-state index in [9.17, 15) is 4.79 Å². The first kappa shape index (κ1) is 28.1. The summed E-state index contributed by atoms with van der Waals surface area (Å²) >= 11 is 0. The van der Waals surface area contributed by atoms with Crippen LogP contribution in [0.5, 0.6) is 5.75 Å². The molecule has 0 aromatic heterocycles. The minimum absolute atomic E-state index is 0.0838. The summed E-state index contributed by atoms with van der Waals surface area (Å²) in [5.74, 6) is -2.81. The lowest BCUT2D eigenvalue weighted by Gasteiger charge is -2.42. The van der Waals surface area contributed by atoms with Crippen LogP contribution in [-0.4, -0.2) is 94.7 Å². The molecule has 0 saturated carbocycles. The molecule has 0 unspecified atom stereocenters. The molecule has 5 rings (SSSR count). The molecule has 0 aliphatic carbocycles. The number of carbonyl (C=O) groups is 3. The average molecular weight is 534 g/mol. The molecule has 2 heterocycles. The van der Waals surface area contributed by atoms with Crippen LogP contribution in [0.25, 0.3) is 10.8 Å². The number of ether oxygens (including phenoxy) is 1. The van der Waals surface area contributed by atoms with E-state index in [1.54, 1.807) is 0 Å². The van der Waals surface area contributed by atoms with Crippen molar-refractivity contribution in [2.45, 2.75) is 25.4 Å². The van der Waals surface area contributed by atoms with Gasteiger partial charge in [0.05, 0.1) is 0 Å². The molecule has 1 amide bonds. The van der Waals surface area contributed by atoms with Crippen molar-refractivity contribution in [2.75, 3.05) is 45.9 Å². The van der Waals surface area contributed by atoms with Gasteiger partial charge in [0.25, 0.3) is 5.91 Å². The van der Waals surface area contributed by atoms with Crippen LogP contribution in [0.4, 0.5) is 0 Å².